The number of carboxylic acids is 1. The van der Waals surface area contributed by atoms with Crippen molar-refractivity contribution in [3.05, 3.63) is 48.3 Å². The number of carbonyl (C=O) groups excluding carboxylic acids is 1. The Kier molecular flexibility index (Phi) is 6.90. The standard InChI is InChI=1S/C18H20FN5O.C2HF3O2/c19-15-11-21-17(22-12-15)24-9-5-18(13-24)3-7-23(8-4-18)16(25)14-2-1-6-20-10-14;3-2(4,5)1(6)7/h1-2,6,10-12H,3-5,7-9,13H2;(H,6,7). The number of hydrogen-bond acceptors (Lipinski definition) is 6. The van der Waals surface area contributed by atoms with Crippen molar-refractivity contribution in [2.24, 2.45) is 5.41 Å². The largest absolute Gasteiger partial charge is 0.490 e. The van der Waals surface area contributed by atoms with E-state index in [9.17, 15) is 22.4 Å². The average molecular weight is 455 g/mol. The first kappa shape index (κ1) is 23.4. The number of halogens is 4. The summed E-state index contributed by atoms with van der Waals surface area (Å²) in [6.45, 7) is 3.26. The molecule has 0 atom stereocenters. The Labute approximate surface area is 180 Å². The zero-order chi connectivity index (χ0) is 23.4. The van der Waals surface area contributed by atoms with Gasteiger partial charge in [0.25, 0.3) is 5.91 Å². The summed E-state index contributed by atoms with van der Waals surface area (Å²) < 4.78 is 44.7. The first-order chi connectivity index (χ1) is 15.1. The molecule has 32 heavy (non-hydrogen) atoms. The molecule has 172 valence electrons. The Bertz CT molecular complexity index is 933. The molecule has 0 unspecified atom stereocenters. The van der Waals surface area contributed by atoms with Crippen LogP contribution in [0.3, 0.4) is 0 Å². The van der Waals surface area contributed by atoms with Crippen molar-refractivity contribution in [1.82, 2.24) is 19.9 Å². The Morgan fingerprint density at radius 3 is 2.16 bits per heavy atom. The third-order valence-electron chi connectivity index (χ3n) is 5.59. The van der Waals surface area contributed by atoms with Gasteiger partial charge in [0, 0.05) is 38.6 Å². The van der Waals surface area contributed by atoms with E-state index in [1.165, 1.54) is 12.4 Å². The van der Waals surface area contributed by atoms with E-state index in [4.69, 9.17) is 9.90 Å². The lowest BCUT2D eigenvalue weighted by atomic mass is 9.77. The van der Waals surface area contributed by atoms with Crippen LogP contribution in [0.4, 0.5) is 23.5 Å². The summed E-state index contributed by atoms with van der Waals surface area (Å²) in [5.41, 5.74) is 0.843. The van der Waals surface area contributed by atoms with Gasteiger partial charge in [0.1, 0.15) is 0 Å². The van der Waals surface area contributed by atoms with Crippen LogP contribution in [0.25, 0.3) is 0 Å². The molecule has 0 bridgehead atoms. The van der Waals surface area contributed by atoms with Gasteiger partial charge in [-0.25, -0.2) is 19.2 Å². The molecule has 0 radical (unpaired) electrons. The minimum absolute atomic E-state index is 0.0553. The second-order valence-corrected chi connectivity index (χ2v) is 7.71. The van der Waals surface area contributed by atoms with Gasteiger partial charge in [0.05, 0.1) is 18.0 Å². The number of carbonyl (C=O) groups is 2. The molecule has 1 spiro atoms. The van der Waals surface area contributed by atoms with Gasteiger partial charge in [-0.05, 0) is 36.8 Å². The van der Waals surface area contributed by atoms with Gasteiger partial charge in [-0.15, -0.1) is 0 Å². The second-order valence-electron chi connectivity index (χ2n) is 7.71. The van der Waals surface area contributed by atoms with Crippen molar-refractivity contribution in [3.8, 4) is 0 Å². The minimum atomic E-state index is -5.08. The Morgan fingerprint density at radius 1 is 1.03 bits per heavy atom. The molecule has 2 fully saturated rings. The topological polar surface area (TPSA) is 99.5 Å². The predicted octanol–water partition coefficient (Wildman–Crippen LogP) is 2.78. The third-order valence-corrected chi connectivity index (χ3v) is 5.59. The van der Waals surface area contributed by atoms with E-state index in [-0.39, 0.29) is 11.3 Å². The number of hydrogen-bond donors (Lipinski definition) is 1. The number of anilines is 1. The van der Waals surface area contributed by atoms with Crippen LogP contribution in [0.15, 0.2) is 36.9 Å². The molecule has 0 aromatic carbocycles. The first-order valence-electron chi connectivity index (χ1n) is 9.82. The highest BCUT2D eigenvalue weighted by Crippen LogP contribution is 2.41. The van der Waals surface area contributed by atoms with Crippen LogP contribution in [-0.4, -0.2) is 69.2 Å². The number of carboxylic acid groups (broad SMARTS) is 1. The van der Waals surface area contributed by atoms with Gasteiger partial charge < -0.3 is 14.9 Å². The van der Waals surface area contributed by atoms with Crippen LogP contribution < -0.4 is 4.90 Å². The SMILES string of the molecule is O=C(O)C(F)(F)F.O=C(c1cccnc1)N1CCC2(CC1)CCN(c1ncc(F)cn1)C2. The molecule has 2 saturated heterocycles. The third kappa shape index (κ3) is 5.68. The highest BCUT2D eigenvalue weighted by Gasteiger charge is 2.42. The number of pyridine rings is 1. The fourth-order valence-electron chi connectivity index (χ4n) is 3.84. The van der Waals surface area contributed by atoms with Crippen LogP contribution >= 0.6 is 0 Å². The van der Waals surface area contributed by atoms with Gasteiger partial charge in [-0.1, -0.05) is 0 Å². The lowest BCUT2D eigenvalue weighted by Crippen LogP contribution is -2.44. The maximum absolute atomic E-state index is 13.0. The van der Waals surface area contributed by atoms with Crippen molar-refractivity contribution in [2.45, 2.75) is 25.4 Å². The lowest BCUT2D eigenvalue weighted by Gasteiger charge is -2.39. The number of likely N-dealkylation sites (tertiary alicyclic amines) is 1. The molecular formula is C20H21F4N5O3. The molecule has 4 rings (SSSR count). The summed E-state index contributed by atoms with van der Waals surface area (Å²) in [7, 11) is 0. The van der Waals surface area contributed by atoms with E-state index in [1.807, 2.05) is 11.0 Å². The Balaban J connectivity index is 0.000000360. The zero-order valence-corrected chi connectivity index (χ0v) is 16.9. The summed E-state index contributed by atoms with van der Waals surface area (Å²) in [5, 5.41) is 7.12. The van der Waals surface area contributed by atoms with Crippen LogP contribution in [0.1, 0.15) is 29.6 Å². The van der Waals surface area contributed by atoms with Crippen molar-refractivity contribution >= 4 is 17.8 Å². The van der Waals surface area contributed by atoms with Crippen molar-refractivity contribution in [2.75, 3.05) is 31.1 Å². The summed E-state index contributed by atoms with van der Waals surface area (Å²) in [6, 6.07) is 3.60. The summed E-state index contributed by atoms with van der Waals surface area (Å²) in [4.78, 5) is 37.7. The molecule has 1 N–H and O–H groups in total. The summed E-state index contributed by atoms with van der Waals surface area (Å²) in [6.07, 6.45) is 3.63. The highest BCUT2D eigenvalue weighted by molar-refractivity contribution is 5.93. The number of nitrogens with zero attached hydrogens (tertiary/aromatic N) is 5. The molecule has 2 aromatic rings. The van der Waals surface area contributed by atoms with E-state index < -0.39 is 18.0 Å². The minimum Gasteiger partial charge on any atom is -0.475 e. The van der Waals surface area contributed by atoms with E-state index >= 15 is 0 Å². The molecule has 8 nitrogen and oxygen atoms in total. The molecule has 0 saturated carbocycles. The normalized spacial score (nSPS) is 17.6. The average Bonchev–Trinajstić information content (AvgIpc) is 3.18. The van der Waals surface area contributed by atoms with Gasteiger partial charge in [-0.2, -0.15) is 13.2 Å². The molecule has 0 aliphatic carbocycles. The monoisotopic (exact) mass is 455 g/mol. The summed E-state index contributed by atoms with van der Waals surface area (Å²) in [5.74, 6) is -2.53. The van der Waals surface area contributed by atoms with Gasteiger partial charge >= 0.3 is 12.1 Å². The highest BCUT2D eigenvalue weighted by atomic mass is 19.4. The molecule has 4 heterocycles. The fourth-order valence-corrected chi connectivity index (χ4v) is 3.84. The maximum Gasteiger partial charge on any atom is 0.490 e. The predicted molar refractivity (Wildman–Crippen MR) is 104 cm³/mol. The number of amides is 1. The van der Waals surface area contributed by atoms with Gasteiger partial charge in [0.15, 0.2) is 5.82 Å². The van der Waals surface area contributed by atoms with Crippen molar-refractivity contribution in [3.63, 3.8) is 0 Å². The first-order valence-corrected chi connectivity index (χ1v) is 9.82. The van der Waals surface area contributed by atoms with E-state index in [2.05, 4.69) is 19.9 Å². The van der Waals surface area contributed by atoms with E-state index in [1.54, 1.807) is 18.5 Å². The smallest absolute Gasteiger partial charge is 0.475 e. The number of aliphatic carboxylic acids is 1. The van der Waals surface area contributed by atoms with Gasteiger partial charge in [0.2, 0.25) is 5.95 Å². The molecule has 1 amide bonds. The van der Waals surface area contributed by atoms with Crippen LogP contribution in [0, 0.1) is 11.2 Å². The van der Waals surface area contributed by atoms with Crippen LogP contribution in [0.5, 0.6) is 0 Å². The lowest BCUT2D eigenvalue weighted by molar-refractivity contribution is -0.192. The molecular weight excluding hydrogens is 434 g/mol. The molecule has 2 aromatic heterocycles. The number of aromatic nitrogens is 3. The van der Waals surface area contributed by atoms with Crippen molar-refractivity contribution in [1.29, 1.82) is 0 Å². The maximum atomic E-state index is 13.0. The van der Waals surface area contributed by atoms with Gasteiger partial charge in [-0.3, -0.25) is 9.78 Å². The molecule has 2 aliphatic heterocycles. The van der Waals surface area contributed by atoms with E-state index in [0.717, 1.165) is 45.4 Å². The van der Waals surface area contributed by atoms with Crippen LogP contribution in [0.2, 0.25) is 0 Å². The second kappa shape index (κ2) is 9.45. The molecule has 2 aliphatic rings. The van der Waals surface area contributed by atoms with Crippen LogP contribution in [-0.2, 0) is 4.79 Å². The van der Waals surface area contributed by atoms with Crippen molar-refractivity contribution < 1.29 is 32.3 Å². The Hall–Kier alpha value is -3.31. The van der Waals surface area contributed by atoms with E-state index in [0.29, 0.717) is 11.5 Å². The quantitative estimate of drug-likeness (QED) is 0.696. The number of alkyl halides is 3. The zero-order valence-electron chi connectivity index (χ0n) is 16.9. The Morgan fingerprint density at radius 2 is 1.62 bits per heavy atom. The number of piperidine rings is 1. The fraction of sp³-hybridized carbons (Fsp3) is 0.450. The molecule has 12 heteroatoms. The summed E-state index contributed by atoms with van der Waals surface area (Å²) >= 11 is 0. The number of rotatable bonds is 2.